The molecule has 2 aromatic rings. The summed E-state index contributed by atoms with van der Waals surface area (Å²) in [6, 6.07) is 0.303. The van der Waals surface area contributed by atoms with Gasteiger partial charge in [0.25, 0.3) is 0 Å². The van der Waals surface area contributed by atoms with Crippen molar-refractivity contribution in [3.63, 3.8) is 0 Å². The maximum atomic E-state index is 10.9. The number of nitrogens with one attached hydrogen (secondary N) is 2. The lowest BCUT2D eigenvalue weighted by molar-refractivity contribution is -0.142. The summed E-state index contributed by atoms with van der Waals surface area (Å²) in [6.45, 7) is 0.540. The van der Waals surface area contributed by atoms with Crippen LogP contribution < -0.4 is 16.8 Å². The summed E-state index contributed by atoms with van der Waals surface area (Å²) in [5, 5.41) is 12.4. The number of aliphatic carboxylic acids is 1. The largest absolute Gasteiger partial charge is 0.481 e. The standard InChI is InChI=1S/C13H19N7O2/c14-10-9-11(20-13(15)19-10)18-8(17-9)5-16-7-3-1-6(2-4-7)12(21)22/h6-7,16H,1-5H2,(H,21,22)(H5,14,15,17,18,19,20). The monoisotopic (exact) mass is 305 g/mol. The van der Waals surface area contributed by atoms with Crippen molar-refractivity contribution >= 4 is 28.9 Å². The number of hydrogen-bond acceptors (Lipinski definition) is 7. The molecule has 3 rings (SSSR count). The van der Waals surface area contributed by atoms with Crippen molar-refractivity contribution in [1.82, 2.24) is 25.3 Å². The van der Waals surface area contributed by atoms with Gasteiger partial charge in [-0.25, -0.2) is 4.98 Å². The summed E-state index contributed by atoms with van der Waals surface area (Å²) in [5.74, 6) is 0.192. The molecule has 0 aliphatic heterocycles. The van der Waals surface area contributed by atoms with E-state index in [1.807, 2.05) is 0 Å². The summed E-state index contributed by atoms with van der Waals surface area (Å²) in [6.07, 6.45) is 3.13. The fourth-order valence-corrected chi connectivity index (χ4v) is 2.85. The van der Waals surface area contributed by atoms with E-state index in [9.17, 15) is 4.79 Å². The zero-order valence-corrected chi connectivity index (χ0v) is 12.0. The van der Waals surface area contributed by atoms with Gasteiger partial charge in [-0.15, -0.1) is 0 Å². The fraction of sp³-hybridized carbons (Fsp3) is 0.538. The highest BCUT2D eigenvalue weighted by molar-refractivity contribution is 5.82. The number of nitrogens with zero attached hydrogens (tertiary/aromatic N) is 3. The number of fused-ring (bicyclic) bond motifs is 1. The second-order valence-electron chi connectivity index (χ2n) is 5.62. The van der Waals surface area contributed by atoms with Crippen molar-refractivity contribution in [1.29, 1.82) is 0 Å². The molecule has 1 saturated carbocycles. The Morgan fingerprint density at radius 2 is 1.95 bits per heavy atom. The lowest BCUT2D eigenvalue weighted by Crippen LogP contribution is -2.34. The topological polar surface area (TPSA) is 156 Å². The van der Waals surface area contributed by atoms with Crippen LogP contribution in [0.2, 0.25) is 0 Å². The van der Waals surface area contributed by atoms with Gasteiger partial charge in [0.2, 0.25) is 5.95 Å². The molecular weight excluding hydrogens is 286 g/mol. The highest BCUT2D eigenvalue weighted by Crippen LogP contribution is 2.24. The van der Waals surface area contributed by atoms with Gasteiger partial charge in [-0.05, 0) is 25.7 Å². The van der Waals surface area contributed by atoms with Crippen molar-refractivity contribution in [2.75, 3.05) is 11.5 Å². The SMILES string of the molecule is Nc1nc(N)c2[nH]c(CNC3CCC(C(=O)O)CC3)nc2n1. The van der Waals surface area contributed by atoms with Gasteiger partial charge in [0, 0.05) is 6.04 Å². The first-order valence-corrected chi connectivity index (χ1v) is 7.26. The van der Waals surface area contributed by atoms with E-state index in [2.05, 4.69) is 25.3 Å². The van der Waals surface area contributed by atoms with E-state index >= 15 is 0 Å². The predicted molar refractivity (Wildman–Crippen MR) is 80.7 cm³/mol. The molecule has 2 aromatic heterocycles. The zero-order valence-electron chi connectivity index (χ0n) is 12.0. The molecule has 1 aliphatic carbocycles. The van der Waals surface area contributed by atoms with Gasteiger partial charge in [0.1, 0.15) is 11.3 Å². The molecule has 0 radical (unpaired) electrons. The summed E-state index contributed by atoms with van der Waals surface area (Å²) in [5.41, 5.74) is 12.4. The van der Waals surface area contributed by atoms with Crippen LogP contribution in [-0.4, -0.2) is 37.1 Å². The van der Waals surface area contributed by atoms with Gasteiger partial charge < -0.3 is 26.9 Å². The van der Waals surface area contributed by atoms with E-state index < -0.39 is 5.97 Å². The number of aromatic amines is 1. The lowest BCUT2D eigenvalue weighted by Gasteiger charge is -2.26. The van der Waals surface area contributed by atoms with Crippen molar-refractivity contribution in [2.24, 2.45) is 5.92 Å². The number of imidazole rings is 1. The Kier molecular flexibility index (Phi) is 3.80. The number of carbonyl (C=O) groups is 1. The van der Waals surface area contributed by atoms with E-state index in [1.165, 1.54) is 0 Å². The van der Waals surface area contributed by atoms with Crippen LogP contribution in [0.4, 0.5) is 11.8 Å². The Bertz CT molecular complexity index is 691. The number of aromatic nitrogens is 4. The Hall–Kier alpha value is -2.42. The number of nitrogen functional groups attached to an aromatic ring is 2. The minimum Gasteiger partial charge on any atom is -0.481 e. The molecule has 0 unspecified atom stereocenters. The molecule has 118 valence electrons. The first-order chi connectivity index (χ1) is 10.5. The Labute approximate surface area is 126 Å². The molecule has 2 heterocycles. The van der Waals surface area contributed by atoms with Gasteiger partial charge in [-0.1, -0.05) is 0 Å². The highest BCUT2D eigenvalue weighted by Gasteiger charge is 2.25. The third kappa shape index (κ3) is 2.93. The quantitative estimate of drug-likeness (QED) is 0.538. The maximum absolute atomic E-state index is 10.9. The van der Waals surface area contributed by atoms with Crippen LogP contribution in [0.25, 0.3) is 11.2 Å². The first-order valence-electron chi connectivity index (χ1n) is 7.26. The number of carboxylic acids is 1. The van der Waals surface area contributed by atoms with Crippen LogP contribution in [0.3, 0.4) is 0 Å². The van der Waals surface area contributed by atoms with Crippen LogP contribution in [0, 0.1) is 5.92 Å². The van der Waals surface area contributed by atoms with E-state index in [4.69, 9.17) is 16.6 Å². The Morgan fingerprint density at radius 1 is 1.23 bits per heavy atom. The lowest BCUT2D eigenvalue weighted by atomic mass is 9.86. The van der Waals surface area contributed by atoms with Crippen molar-refractivity contribution < 1.29 is 9.90 Å². The Morgan fingerprint density at radius 3 is 2.64 bits per heavy atom. The second-order valence-corrected chi connectivity index (χ2v) is 5.62. The minimum atomic E-state index is -0.692. The molecule has 7 N–H and O–H groups in total. The summed E-state index contributed by atoms with van der Waals surface area (Å²) in [4.78, 5) is 26.3. The van der Waals surface area contributed by atoms with Crippen LogP contribution in [-0.2, 0) is 11.3 Å². The van der Waals surface area contributed by atoms with Crippen molar-refractivity contribution in [2.45, 2.75) is 38.3 Å². The van der Waals surface area contributed by atoms with Crippen LogP contribution in [0.5, 0.6) is 0 Å². The summed E-state index contributed by atoms with van der Waals surface area (Å²) in [7, 11) is 0. The van der Waals surface area contributed by atoms with Gasteiger partial charge >= 0.3 is 5.97 Å². The molecule has 0 bridgehead atoms. The molecule has 1 aliphatic rings. The van der Waals surface area contributed by atoms with Gasteiger partial charge in [-0.3, -0.25) is 4.79 Å². The number of anilines is 2. The number of rotatable bonds is 4. The van der Waals surface area contributed by atoms with Crippen LogP contribution in [0.1, 0.15) is 31.5 Å². The molecule has 0 aromatic carbocycles. The average Bonchev–Trinajstić information content (AvgIpc) is 2.89. The molecule has 1 fully saturated rings. The molecule has 0 atom stereocenters. The van der Waals surface area contributed by atoms with E-state index in [-0.39, 0.29) is 17.7 Å². The first kappa shape index (κ1) is 14.5. The van der Waals surface area contributed by atoms with Gasteiger partial charge in [-0.2, -0.15) is 9.97 Å². The van der Waals surface area contributed by atoms with Crippen LogP contribution >= 0.6 is 0 Å². The predicted octanol–water partition coefficient (Wildman–Crippen LogP) is 0.250. The Balaban J connectivity index is 1.60. The molecule has 0 amide bonds. The maximum Gasteiger partial charge on any atom is 0.306 e. The van der Waals surface area contributed by atoms with Crippen molar-refractivity contribution in [3.05, 3.63) is 5.82 Å². The molecule has 9 heteroatoms. The van der Waals surface area contributed by atoms with Crippen molar-refractivity contribution in [3.8, 4) is 0 Å². The smallest absolute Gasteiger partial charge is 0.306 e. The molecule has 22 heavy (non-hydrogen) atoms. The zero-order chi connectivity index (χ0) is 15.7. The highest BCUT2D eigenvalue weighted by atomic mass is 16.4. The number of H-pyrrole nitrogens is 1. The third-order valence-electron chi connectivity index (χ3n) is 4.08. The van der Waals surface area contributed by atoms with E-state index in [1.54, 1.807) is 0 Å². The van der Waals surface area contributed by atoms with Gasteiger partial charge in [0.05, 0.1) is 12.5 Å². The minimum absolute atomic E-state index is 0.100. The summed E-state index contributed by atoms with van der Waals surface area (Å²) >= 11 is 0. The van der Waals surface area contributed by atoms with Crippen LogP contribution in [0.15, 0.2) is 0 Å². The number of carboxylic acid groups (broad SMARTS) is 1. The second kappa shape index (κ2) is 5.76. The molecular formula is C13H19N7O2. The average molecular weight is 305 g/mol. The molecule has 0 saturated heterocycles. The van der Waals surface area contributed by atoms with E-state index in [0.29, 0.717) is 42.4 Å². The fourth-order valence-electron chi connectivity index (χ4n) is 2.85. The van der Waals surface area contributed by atoms with E-state index in [0.717, 1.165) is 12.8 Å². The number of nitrogens with two attached hydrogens (primary N) is 2. The van der Waals surface area contributed by atoms with Gasteiger partial charge in [0.15, 0.2) is 11.5 Å². The number of hydrogen-bond donors (Lipinski definition) is 5. The third-order valence-corrected chi connectivity index (χ3v) is 4.08. The molecule has 0 spiro atoms. The normalized spacial score (nSPS) is 22.0. The molecule has 9 nitrogen and oxygen atoms in total. The summed E-state index contributed by atoms with van der Waals surface area (Å²) < 4.78 is 0.